The minimum absolute atomic E-state index is 0.143. The Morgan fingerprint density at radius 2 is 2.10 bits per heavy atom. The van der Waals surface area contributed by atoms with Gasteiger partial charge in [-0.15, -0.1) is 0 Å². The van der Waals surface area contributed by atoms with Crippen LogP contribution in [0.2, 0.25) is 0 Å². The lowest BCUT2D eigenvalue weighted by molar-refractivity contribution is -0.149. The van der Waals surface area contributed by atoms with Gasteiger partial charge in [0.05, 0.1) is 6.54 Å². The van der Waals surface area contributed by atoms with Crippen LogP contribution in [0.1, 0.15) is 19.4 Å². The quantitative estimate of drug-likeness (QED) is 0.837. The first-order chi connectivity index (χ1) is 9.32. The Labute approximate surface area is 115 Å². The first-order valence-electron chi connectivity index (χ1n) is 6.31. The van der Waals surface area contributed by atoms with Crippen molar-refractivity contribution in [2.75, 3.05) is 13.2 Å². The van der Waals surface area contributed by atoms with Crippen molar-refractivity contribution in [1.82, 2.24) is 4.90 Å². The summed E-state index contributed by atoms with van der Waals surface area (Å²) in [6.45, 7) is 2.94. The highest BCUT2D eigenvalue weighted by Crippen LogP contribution is 2.30. The second-order valence-electron chi connectivity index (χ2n) is 5.35. The molecule has 1 aliphatic heterocycles. The zero-order valence-corrected chi connectivity index (χ0v) is 11.3. The number of amides is 1. The molecular formula is C14H16F3NO2. The summed E-state index contributed by atoms with van der Waals surface area (Å²) in [4.78, 5) is 13.5. The van der Waals surface area contributed by atoms with E-state index in [-0.39, 0.29) is 19.7 Å². The predicted octanol–water partition coefficient (Wildman–Crippen LogP) is 2.84. The largest absolute Gasteiger partial charge is 0.491 e. The molecule has 1 aromatic carbocycles. The Morgan fingerprint density at radius 3 is 2.75 bits per heavy atom. The molecule has 0 unspecified atom stereocenters. The average Bonchev–Trinajstić information content (AvgIpc) is 2.59. The van der Waals surface area contributed by atoms with Gasteiger partial charge in [-0.3, -0.25) is 4.79 Å². The number of benzene rings is 1. The van der Waals surface area contributed by atoms with Gasteiger partial charge in [0.15, 0.2) is 0 Å². The fraction of sp³-hybridized carbons (Fsp3) is 0.500. The van der Waals surface area contributed by atoms with Gasteiger partial charge in [0.1, 0.15) is 23.6 Å². The van der Waals surface area contributed by atoms with Crippen LogP contribution in [0.4, 0.5) is 13.2 Å². The van der Waals surface area contributed by atoms with Crippen molar-refractivity contribution in [2.24, 2.45) is 5.41 Å². The molecule has 0 aromatic heterocycles. The average molecular weight is 287 g/mol. The van der Waals surface area contributed by atoms with Crippen LogP contribution >= 0.6 is 0 Å². The molecule has 0 aliphatic carbocycles. The van der Waals surface area contributed by atoms with Crippen molar-refractivity contribution in [1.29, 1.82) is 0 Å². The Hall–Kier alpha value is -1.72. The molecule has 20 heavy (non-hydrogen) atoms. The number of nitrogens with zero attached hydrogens (tertiary/aromatic N) is 1. The normalized spacial score (nSPS) is 15.6. The van der Waals surface area contributed by atoms with Crippen molar-refractivity contribution in [3.8, 4) is 5.75 Å². The third-order valence-electron chi connectivity index (χ3n) is 3.39. The smallest absolute Gasteiger partial charge is 0.252 e. The number of fused-ring (bicyclic) bond motifs is 1. The molecule has 2 rings (SSSR count). The van der Waals surface area contributed by atoms with Crippen molar-refractivity contribution >= 4 is 5.91 Å². The van der Waals surface area contributed by atoms with Gasteiger partial charge in [0.2, 0.25) is 5.91 Å². The first kappa shape index (κ1) is 14.7. The highest BCUT2D eigenvalue weighted by Gasteiger charge is 2.41. The van der Waals surface area contributed by atoms with E-state index in [9.17, 15) is 18.0 Å². The molecule has 1 amide bonds. The van der Waals surface area contributed by atoms with Crippen LogP contribution in [0.5, 0.6) is 5.75 Å². The van der Waals surface area contributed by atoms with Crippen molar-refractivity contribution < 1.29 is 22.7 Å². The summed E-state index contributed by atoms with van der Waals surface area (Å²) < 4.78 is 44.4. The number of hydrogen-bond acceptors (Lipinski definition) is 2. The second kappa shape index (κ2) is 5.34. The molecule has 0 N–H and O–H groups in total. The van der Waals surface area contributed by atoms with Crippen LogP contribution in [0.3, 0.4) is 0 Å². The molecule has 0 radical (unpaired) electrons. The zero-order chi connectivity index (χ0) is 14.9. The molecule has 0 saturated heterocycles. The molecule has 0 saturated carbocycles. The number of ether oxygens (including phenoxy) is 1. The summed E-state index contributed by atoms with van der Waals surface area (Å²) in [6.07, 6.45) is -2.74. The van der Waals surface area contributed by atoms with Crippen LogP contribution in [-0.2, 0) is 11.3 Å². The van der Waals surface area contributed by atoms with Crippen LogP contribution in [0.15, 0.2) is 18.2 Å². The Morgan fingerprint density at radius 1 is 1.40 bits per heavy atom. The van der Waals surface area contributed by atoms with Gasteiger partial charge < -0.3 is 9.64 Å². The maximum absolute atomic E-state index is 13.1. The number of halogens is 3. The Kier molecular flexibility index (Phi) is 3.92. The van der Waals surface area contributed by atoms with E-state index >= 15 is 0 Å². The lowest BCUT2D eigenvalue weighted by Crippen LogP contribution is -2.45. The van der Waals surface area contributed by atoms with Crippen LogP contribution in [-0.4, -0.2) is 30.4 Å². The van der Waals surface area contributed by atoms with E-state index in [4.69, 9.17) is 4.74 Å². The summed E-state index contributed by atoms with van der Waals surface area (Å²) in [7, 11) is 0. The van der Waals surface area contributed by atoms with Crippen molar-refractivity contribution in [3.05, 3.63) is 29.6 Å². The van der Waals surface area contributed by atoms with Gasteiger partial charge in [0.25, 0.3) is 6.43 Å². The zero-order valence-electron chi connectivity index (χ0n) is 11.3. The highest BCUT2D eigenvalue weighted by molar-refractivity contribution is 5.82. The molecule has 0 bridgehead atoms. The molecule has 1 heterocycles. The minimum Gasteiger partial charge on any atom is -0.491 e. The van der Waals surface area contributed by atoms with E-state index in [0.717, 1.165) is 0 Å². The predicted molar refractivity (Wildman–Crippen MR) is 67.1 cm³/mol. The van der Waals surface area contributed by atoms with Crippen molar-refractivity contribution in [3.63, 3.8) is 0 Å². The molecule has 3 nitrogen and oxygen atoms in total. The number of hydrogen-bond donors (Lipinski definition) is 0. The maximum atomic E-state index is 13.1. The molecule has 6 heteroatoms. The lowest BCUT2D eigenvalue weighted by atomic mass is 9.92. The lowest BCUT2D eigenvalue weighted by Gasteiger charge is -2.30. The van der Waals surface area contributed by atoms with Gasteiger partial charge in [0, 0.05) is 18.2 Å². The fourth-order valence-electron chi connectivity index (χ4n) is 2.02. The standard InChI is InChI=1S/C14H16F3NO2/c1-14(2,12(16)17)13(19)18-5-6-20-11-7-10(15)4-3-9(11)8-18/h3-4,7,12H,5-6,8H2,1-2H3. The summed E-state index contributed by atoms with van der Waals surface area (Å²) in [5, 5.41) is 0. The topological polar surface area (TPSA) is 29.5 Å². The third kappa shape index (κ3) is 2.73. The molecule has 0 atom stereocenters. The summed E-state index contributed by atoms with van der Waals surface area (Å²) in [5.74, 6) is -0.708. The van der Waals surface area contributed by atoms with Crippen molar-refractivity contribution in [2.45, 2.75) is 26.8 Å². The number of carbonyl (C=O) groups is 1. The van der Waals surface area contributed by atoms with Crippen LogP contribution in [0.25, 0.3) is 0 Å². The van der Waals surface area contributed by atoms with Gasteiger partial charge in [-0.1, -0.05) is 6.07 Å². The molecule has 1 aliphatic rings. The molecule has 0 fully saturated rings. The van der Waals surface area contributed by atoms with Gasteiger partial charge >= 0.3 is 0 Å². The van der Waals surface area contributed by atoms with E-state index < -0.39 is 23.6 Å². The number of alkyl halides is 2. The van der Waals surface area contributed by atoms with E-state index in [1.54, 1.807) is 0 Å². The molecule has 110 valence electrons. The van der Waals surface area contributed by atoms with Crippen LogP contribution in [0, 0.1) is 11.2 Å². The van der Waals surface area contributed by atoms with E-state index in [1.165, 1.54) is 36.9 Å². The molecule has 1 aromatic rings. The van der Waals surface area contributed by atoms with Gasteiger partial charge in [-0.25, -0.2) is 13.2 Å². The van der Waals surface area contributed by atoms with Crippen LogP contribution < -0.4 is 4.74 Å². The minimum atomic E-state index is -2.74. The SMILES string of the molecule is CC(C)(C(=O)N1CCOc2cc(F)ccc2C1)C(F)F. The third-order valence-corrected chi connectivity index (χ3v) is 3.39. The first-order valence-corrected chi connectivity index (χ1v) is 6.31. The second-order valence-corrected chi connectivity index (χ2v) is 5.35. The van der Waals surface area contributed by atoms with Gasteiger partial charge in [-0.05, 0) is 19.9 Å². The van der Waals surface area contributed by atoms with E-state index in [0.29, 0.717) is 11.3 Å². The fourth-order valence-corrected chi connectivity index (χ4v) is 2.02. The Balaban J connectivity index is 2.24. The Bertz CT molecular complexity index is 517. The van der Waals surface area contributed by atoms with E-state index in [1.807, 2.05) is 0 Å². The summed E-state index contributed by atoms with van der Waals surface area (Å²) in [5.41, 5.74) is -1.13. The molecular weight excluding hydrogens is 271 g/mol. The molecule has 0 spiro atoms. The summed E-state index contributed by atoms with van der Waals surface area (Å²) >= 11 is 0. The van der Waals surface area contributed by atoms with E-state index in [2.05, 4.69) is 0 Å². The number of carbonyl (C=O) groups excluding carboxylic acids is 1. The monoisotopic (exact) mass is 287 g/mol. The van der Waals surface area contributed by atoms with Gasteiger partial charge in [-0.2, -0.15) is 0 Å². The number of rotatable bonds is 2. The maximum Gasteiger partial charge on any atom is 0.252 e. The summed E-state index contributed by atoms with van der Waals surface area (Å²) in [6, 6.07) is 4.00. The highest BCUT2D eigenvalue weighted by atomic mass is 19.3.